The molecule has 0 aliphatic heterocycles. The molecule has 0 fully saturated rings. The zero-order valence-corrected chi connectivity index (χ0v) is 8.45. The van der Waals surface area contributed by atoms with Gasteiger partial charge in [-0.15, -0.1) is 0 Å². The van der Waals surface area contributed by atoms with Gasteiger partial charge in [-0.2, -0.15) is 0 Å². The first-order valence-electron chi connectivity index (χ1n) is 4.56. The highest BCUT2D eigenvalue weighted by Crippen LogP contribution is 2.26. The molecule has 1 heterocycles. The predicted molar refractivity (Wildman–Crippen MR) is 53.2 cm³/mol. The lowest BCUT2D eigenvalue weighted by atomic mass is 10.2. The molecule has 0 saturated carbocycles. The van der Waals surface area contributed by atoms with Crippen molar-refractivity contribution in [2.75, 3.05) is 0 Å². The first-order chi connectivity index (χ1) is 7.66. The largest absolute Gasteiger partial charge is 0.433 e. The van der Waals surface area contributed by atoms with Crippen LogP contribution in [-0.4, -0.2) is 9.97 Å². The van der Waals surface area contributed by atoms with E-state index >= 15 is 0 Å². The third-order valence-electron chi connectivity index (χ3n) is 1.90. The minimum absolute atomic E-state index is 0.0941. The van der Waals surface area contributed by atoms with Crippen molar-refractivity contribution in [3.8, 4) is 11.6 Å². The molecule has 1 aromatic carbocycles. The Hall–Kier alpha value is -2.04. The minimum Gasteiger partial charge on any atom is -0.433 e. The van der Waals surface area contributed by atoms with E-state index in [-0.39, 0.29) is 5.88 Å². The quantitative estimate of drug-likeness (QED) is 0.783. The molecular weight excluding hydrogens is 214 g/mol. The number of hydrogen-bond donors (Lipinski definition) is 0. The van der Waals surface area contributed by atoms with Gasteiger partial charge < -0.3 is 4.74 Å². The Bertz CT molecular complexity index is 480. The van der Waals surface area contributed by atoms with E-state index in [4.69, 9.17) is 4.74 Å². The molecule has 0 spiro atoms. The van der Waals surface area contributed by atoms with Crippen molar-refractivity contribution >= 4 is 0 Å². The van der Waals surface area contributed by atoms with Gasteiger partial charge in [-0.3, -0.25) is 0 Å². The summed E-state index contributed by atoms with van der Waals surface area (Å²) in [5.41, 5.74) is 0.491. The number of halogens is 2. The van der Waals surface area contributed by atoms with Gasteiger partial charge in [0.15, 0.2) is 11.6 Å². The van der Waals surface area contributed by atoms with Crippen LogP contribution < -0.4 is 4.74 Å². The van der Waals surface area contributed by atoms with E-state index in [1.165, 1.54) is 30.7 Å². The summed E-state index contributed by atoms with van der Waals surface area (Å²) >= 11 is 0. The fraction of sp³-hybridized carbons (Fsp3) is 0.0909. The second kappa shape index (κ2) is 4.22. The van der Waals surface area contributed by atoms with E-state index in [1.54, 1.807) is 6.92 Å². The average molecular weight is 222 g/mol. The Morgan fingerprint density at radius 2 is 1.88 bits per heavy atom. The third-order valence-corrected chi connectivity index (χ3v) is 1.90. The van der Waals surface area contributed by atoms with E-state index < -0.39 is 17.4 Å². The van der Waals surface area contributed by atoms with Crippen LogP contribution in [0.2, 0.25) is 0 Å². The predicted octanol–water partition coefficient (Wildman–Crippen LogP) is 2.86. The molecule has 0 bridgehead atoms. The molecule has 0 atom stereocenters. The van der Waals surface area contributed by atoms with Gasteiger partial charge in [-0.25, -0.2) is 18.7 Å². The molecule has 1 aromatic heterocycles. The molecule has 5 heteroatoms. The summed E-state index contributed by atoms with van der Waals surface area (Å²) in [6.07, 6.45) is 2.66. The number of aromatic nitrogens is 2. The summed E-state index contributed by atoms with van der Waals surface area (Å²) < 4.78 is 31.8. The van der Waals surface area contributed by atoms with E-state index in [9.17, 15) is 8.78 Å². The summed E-state index contributed by atoms with van der Waals surface area (Å²) in [7, 11) is 0. The summed E-state index contributed by atoms with van der Waals surface area (Å²) in [6, 6.07) is 3.80. The monoisotopic (exact) mass is 222 g/mol. The zero-order chi connectivity index (χ0) is 11.5. The summed E-state index contributed by atoms with van der Waals surface area (Å²) in [6.45, 7) is 1.60. The van der Waals surface area contributed by atoms with Gasteiger partial charge in [0.25, 0.3) is 0 Å². The van der Waals surface area contributed by atoms with Crippen LogP contribution in [0.4, 0.5) is 8.78 Å². The average Bonchev–Trinajstić information content (AvgIpc) is 2.25. The molecule has 16 heavy (non-hydrogen) atoms. The molecule has 0 radical (unpaired) electrons. The summed E-state index contributed by atoms with van der Waals surface area (Å²) in [4.78, 5) is 7.38. The van der Waals surface area contributed by atoms with Gasteiger partial charge in [0.1, 0.15) is 6.33 Å². The third kappa shape index (κ3) is 2.13. The zero-order valence-electron chi connectivity index (χ0n) is 8.45. The number of ether oxygens (including phenoxy) is 1. The van der Waals surface area contributed by atoms with Gasteiger partial charge >= 0.3 is 0 Å². The highest BCUT2D eigenvalue weighted by molar-refractivity contribution is 5.33. The first kappa shape index (κ1) is 10.5. The lowest BCUT2D eigenvalue weighted by molar-refractivity contribution is 0.394. The highest BCUT2D eigenvalue weighted by atomic mass is 19.1. The van der Waals surface area contributed by atoms with Crippen LogP contribution >= 0.6 is 0 Å². The standard InChI is InChI=1S/C11H8F2N2O/c1-7-4-8(12)11(9(13)5-7)16-10-2-3-14-6-15-10/h2-6H,1H3. The normalized spacial score (nSPS) is 10.2. The number of aryl methyl sites for hydroxylation is 1. The maximum absolute atomic E-state index is 13.4. The molecule has 3 nitrogen and oxygen atoms in total. The fourth-order valence-corrected chi connectivity index (χ4v) is 1.23. The van der Waals surface area contributed by atoms with Gasteiger partial charge in [0, 0.05) is 12.3 Å². The fourth-order valence-electron chi connectivity index (χ4n) is 1.23. The minimum atomic E-state index is -0.754. The first-order valence-corrected chi connectivity index (χ1v) is 4.56. The lowest BCUT2D eigenvalue weighted by Crippen LogP contribution is -1.95. The second-order valence-corrected chi connectivity index (χ2v) is 3.21. The SMILES string of the molecule is Cc1cc(F)c(Oc2ccncn2)c(F)c1. The van der Waals surface area contributed by atoms with Crippen molar-refractivity contribution in [3.05, 3.63) is 47.9 Å². The van der Waals surface area contributed by atoms with Gasteiger partial charge in [0.2, 0.25) is 11.6 Å². The molecule has 0 aliphatic carbocycles. The van der Waals surface area contributed by atoms with Crippen molar-refractivity contribution in [1.29, 1.82) is 0 Å². The molecule has 0 N–H and O–H groups in total. The van der Waals surface area contributed by atoms with E-state index in [0.717, 1.165) is 0 Å². The van der Waals surface area contributed by atoms with E-state index in [0.29, 0.717) is 5.56 Å². The number of nitrogens with zero attached hydrogens (tertiary/aromatic N) is 2. The van der Waals surface area contributed by atoms with Crippen molar-refractivity contribution in [2.45, 2.75) is 6.92 Å². The molecule has 0 amide bonds. The van der Waals surface area contributed by atoms with Gasteiger partial charge in [0.05, 0.1) is 0 Å². The smallest absolute Gasteiger partial charge is 0.222 e. The molecule has 0 aliphatic rings. The number of rotatable bonds is 2. The highest BCUT2D eigenvalue weighted by Gasteiger charge is 2.12. The number of hydrogen-bond acceptors (Lipinski definition) is 3. The summed E-state index contributed by atoms with van der Waals surface area (Å²) in [5, 5.41) is 0. The van der Waals surface area contributed by atoms with Crippen molar-refractivity contribution in [1.82, 2.24) is 9.97 Å². The Kier molecular flexibility index (Phi) is 2.76. The van der Waals surface area contributed by atoms with Crippen molar-refractivity contribution in [2.24, 2.45) is 0 Å². The Morgan fingerprint density at radius 1 is 1.19 bits per heavy atom. The van der Waals surface area contributed by atoms with Crippen molar-refractivity contribution < 1.29 is 13.5 Å². The lowest BCUT2D eigenvalue weighted by Gasteiger charge is -2.07. The van der Waals surface area contributed by atoms with Gasteiger partial charge in [-0.1, -0.05) is 0 Å². The van der Waals surface area contributed by atoms with E-state index in [1.807, 2.05) is 0 Å². The van der Waals surface area contributed by atoms with E-state index in [2.05, 4.69) is 9.97 Å². The second-order valence-electron chi connectivity index (χ2n) is 3.21. The van der Waals surface area contributed by atoms with Crippen LogP contribution in [0.3, 0.4) is 0 Å². The van der Waals surface area contributed by atoms with Crippen LogP contribution in [0.25, 0.3) is 0 Å². The van der Waals surface area contributed by atoms with Crippen LogP contribution in [0, 0.1) is 18.6 Å². The molecular formula is C11H8F2N2O. The van der Waals surface area contributed by atoms with Crippen LogP contribution in [-0.2, 0) is 0 Å². The van der Waals surface area contributed by atoms with Crippen LogP contribution in [0.1, 0.15) is 5.56 Å². The Morgan fingerprint density at radius 3 is 2.44 bits per heavy atom. The van der Waals surface area contributed by atoms with Gasteiger partial charge in [-0.05, 0) is 24.6 Å². The molecule has 82 valence electrons. The maximum Gasteiger partial charge on any atom is 0.222 e. The Balaban J connectivity index is 2.35. The maximum atomic E-state index is 13.4. The Labute approximate surface area is 90.7 Å². The molecule has 0 unspecified atom stereocenters. The molecule has 0 saturated heterocycles. The summed E-state index contributed by atoms with van der Waals surface area (Å²) in [5.74, 6) is -1.87. The van der Waals surface area contributed by atoms with Crippen LogP contribution in [0.15, 0.2) is 30.7 Å². The number of benzene rings is 1. The van der Waals surface area contributed by atoms with Crippen LogP contribution in [0.5, 0.6) is 11.6 Å². The molecule has 2 rings (SSSR count). The van der Waals surface area contributed by atoms with Crippen molar-refractivity contribution in [3.63, 3.8) is 0 Å². The topological polar surface area (TPSA) is 35.0 Å². The molecule has 2 aromatic rings.